The summed E-state index contributed by atoms with van der Waals surface area (Å²) in [5, 5.41) is 2.98. The maximum absolute atomic E-state index is 12.1. The zero-order valence-electron chi connectivity index (χ0n) is 12.2. The highest BCUT2D eigenvalue weighted by Crippen LogP contribution is 2.16. The Morgan fingerprint density at radius 3 is 2.41 bits per heavy atom. The number of amides is 1. The molecule has 0 saturated carbocycles. The lowest BCUT2D eigenvalue weighted by molar-refractivity contribution is 0.0940. The van der Waals surface area contributed by atoms with E-state index in [1.165, 1.54) is 0 Å². The van der Waals surface area contributed by atoms with E-state index in [0.29, 0.717) is 5.56 Å². The van der Waals surface area contributed by atoms with Crippen molar-refractivity contribution in [3.63, 3.8) is 0 Å². The molecule has 5 nitrogen and oxygen atoms in total. The van der Waals surface area contributed by atoms with Gasteiger partial charge in [0.2, 0.25) is 0 Å². The molecule has 1 atom stereocenters. The van der Waals surface area contributed by atoms with Gasteiger partial charge in [-0.05, 0) is 36.8 Å². The van der Waals surface area contributed by atoms with E-state index in [4.69, 9.17) is 0 Å². The van der Waals surface area contributed by atoms with E-state index in [9.17, 15) is 4.79 Å². The maximum atomic E-state index is 12.1. The molecule has 0 bridgehead atoms. The van der Waals surface area contributed by atoms with Crippen LogP contribution in [0.25, 0.3) is 5.69 Å². The Labute approximate surface area is 128 Å². The Bertz CT molecular complexity index is 736. The fourth-order valence-electron chi connectivity index (χ4n) is 2.21. The lowest BCUT2D eigenvalue weighted by Gasteiger charge is -2.15. The van der Waals surface area contributed by atoms with Gasteiger partial charge >= 0.3 is 0 Å². The molecule has 0 aliphatic heterocycles. The highest BCUT2D eigenvalue weighted by molar-refractivity contribution is 5.94. The molecule has 1 N–H and O–H groups in total. The summed E-state index contributed by atoms with van der Waals surface area (Å²) in [4.78, 5) is 20.1. The van der Waals surface area contributed by atoms with E-state index < -0.39 is 0 Å². The SMILES string of the molecule is CC(NC(=O)c1ccncc1)c1ccc(-n2ccnc2)cc1. The molecule has 2 heterocycles. The van der Waals surface area contributed by atoms with Crippen molar-refractivity contribution in [3.8, 4) is 5.69 Å². The van der Waals surface area contributed by atoms with E-state index in [0.717, 1.165) is 11.3 Å². The van der Waals surface area contributed by atoms with Gasteiger partial charge in [-0.2, -0.15) is 0 Å². The summed E-state index contributed by atoms with van der Waals surface area (Å²) < 4.78 is 1.93. The predicted octanol–water partition coefficient (Wildman–Crippen LogP) is 2.76. The summed E-state index contributed by atoms with van der Waals surface area (Å²) in [6.45, 7) is 1.96. The van der Waals surface area contributed by atoms with E-state index in [2.05, 4.69) is 15.3 Å². The van der Waals surface area contributed by atoms with Gasteiger partial charge in [0.05, 0.1) is 12.4 Å². The Morgan fingerprint density at radius 2 is 1.77 bits per heavy atom. The minimum Gasteiger partial charge on any atom is -0.346 e. The molecule has 0 aliphatic carbocycles. The van der Waals surface area contributed by atoms with Crippen molar-refractivity contribution in [3.05, 3.63) is 78.6 Å². The largest absolute Gasteiger partial charge is 0.346 e. The van der Waals surface area contributed by atoms with Crippen molar-refractivity contribution < 1.29 is 4.79 Å². The van der Waals surface area contributed by atoms with Gasteiger partial charge in [0.25, 0.3) is 5.91 Å². The summed E-state index contributed by atoms with van der Waals surface area (Å²) in [6, 6.07) is 11.4. The molecular formula is C17H16N4O. The van der Waals surface area contributed by atoms with Crippen molar-refractivity contribution in [1.29, 1.82) is 0 Å². The molecule has 5 heteroatoms. The van der Waals surface area contributed by atoms with Gasteiger partial charge in [-0.3, -0.25) is 9.78 Å². The number of carbonyl (C=O) groups is 1. The number of pyridine rings is 1. The van der Waals surface area contributed by atoms with Crippen LogP contribution in [0.4, 0.5) is 0 Å². The molecule has 0 radical (unpaired) electrons. The Kier molecular flexibility index (Phi) is 3.96. The summed E-state index contributed by atoms with van der Waals surface area (Å²) in [5.41, 5.74) is 2.69. The maximum Gasteiger partial charge on any atom is 0.251 e. The molecule has 0 saturated heterocycles. The van der Waals surface area contributed by atoms with Crippen LogP contribution in [0.5, 0.6) is 0 Å². The summed E-state index contributed by atoms with van der Waals surface area (Å²) in [5.74, 6) is -0.103. The highest BCUT2D eigenvalue weighted by atomic mass is 16.1. The van der Waals surface area contributed by atoms with Crippen LogP contribution < -0.4 is 5.32 Å². The monoisotopic (exact) mass is 292 g/mol. The third-order valence-corrected chi connectivity index (χ3v) is 3.49. The Morgan fingerprint density at radius 1 is 1.05 bits per heavy atom. The van der Waals surface area contributed by atoms with Crippen molar-refractivity contribution in [2.24, 2.45) is 0 Å². The van der Waals surface area contributed by atoms with Crippen LogP contribution in [0.1, 0.15) is 28.9 Å². The standard InChI is InChI=1S/C17H16N4O/c1-13(20-17(22)15-6-8-18-9-7-15)14-2-4-16(5-3-14)21-11-10-19-12-21/h2-13H,1H3,(H,20,22). The third-order valence-electron chi connectivity index (χ3n) is 3.49. The molecule has 1 amide bonds. The fraction of sp³-hybridized carbons (Fsp3) is 0.118. The van der Waals surface area contributed by atoms with Crippen molar-refractivity contribution in [1.82, 2.24) is 19.9 Å². The van der Waals surface area contributed by atoms with Crippen LogP contribution in [0.15, 0.2) is 67.5 Å². The van der Waals surface area contributed by atoms with Gasteiger partial charge in [-0.25, -0.2) is 4.98 Å². The van der Waals surface area contributed by atoms with Gasteiger partial charge in [0, 0.05) is 36.0 Å². The lowest BCUT2D eigenvalue weighted by atomic mass is 10.1. The zero-order valence-corrected chi connectivity index (χ0v) is 12.2. The van der Waals surface area contributed by atoms with Crippen LogP contribution in [0.2, 0.25) is 0 Å². The van der Waals surface area contributed by atoms with Crippen LogP contribution in [0.3, 0.4) is 0 Å². The average molecular weight is 292 g/mol. The number of imidazole rings is 1. The van der Waals surface area contributed by atoms with Crippen molar-refractivity contribution in [2.75, 3.05) is 0 Å². The summed E-state index contributed by atoms with van der Waals surface area (Å²) in [7, 11) is 0. The van der Waals surface area contributed by atoms with Gasteiger partial charge < -0.3 is 9.88 Å². The molecule has 3 rings (SSSR count). The molecule has 22 heavy (non-hydrogen) atoms. The van der Waals surface area contributed by atoms with Gasteiger partial charge in [0.1, 0.15) is 0 Å². The molecule has 110 valence electrons. The first kappa shape index (κ1) is 14.0. The van der Waals surface area contributed by atoms with Crippen LogP contribution in [0, 0.1) is 0 Å². The molecule has 1 aromatic carbocycles. The zero-order chi connectivity index (χ0) is 15.4. The van der Waals surface area contributed by atoms with Crippen molar-refractivity contribution >= 4 is 5.91 Å². The number of nitrogens with zero attached hydrogens (tertiary/aromatic N) is 3. The molecule has 0 aliphatic rings. The number of rotatable bonds is 4. The summed E-state index contributed by atoms with van der Waals surface area (Å²) in [6.07, 6.45) is 8.61. The minimum absolute atomic E-state index is 0.0718. The normalized spacial score (nSPS) is 11.9. The van der Waals surface area contributed by atoms with E-state index in [1.807, 2.05) is 42.0 Å². The summed E-state index contributed by atoms with van der Waals surface area (Å²) >= 11 is 0. The van der Waals surface area contributed by atoms with Gasteiger partial charge in [-0.1, -0.05) is 12.1 Å². The van der Waals surface area contributed by atoms with Gasteiger partial charge in [-0.15, -0.1) is 0 Å². The number of carbonyl (C=O) groups excluding carboxylic acids is 1. The quantitative estimate of drug-likeness (QED) is 0.804. The van der Waals surface area contributed by atoms with Crippen LogP contribution in [-0.2, 0) is 0 Å². The lowest BCUT2D eigenvalue weighted by Crippen LogP contribution is -2.26. The number of benzene rings is 1. The predicted molar refractivity (Wildman–Crippen MR) is 83.7 cm³/mol. The van der Waals surface area contributed by atoms with E-state index in [1.54, 1.807) is 37.1 Å². The molecule has 2 aromatic heterocycles. The van der Waals surface area contributed by atoms with E-state index in [-0.39, 0.29) is 11.9 Å². The molecule has 0 spiro atoms. The Hall–Kier alpha value is -2.95. The second-order valence-corrected chi connectivity index (χ2v) is 4.99. The second-order valence-electron chi connectivity index (χ2n) is 4.99. The first-order valence-electron chi connectivity index (χ1n) is 7.03. The van der Waals surface area contributed by atoms with Crippen LogP contribution >= 0.6 is 0 Å². The van der Waals surface area contributed by atoms with Crippen molar-refractivity contribution in [2.45, 2.75) is 13.0 Å². The topological polar surface area (TPSA) is 59.8 Å². The molecule has 3 aromatic rings. The number of nitrogens with one attached hydrogen (secondary N) is 1. The molecule has 0 fully saturated rings. The van der Waals surface area contributed by atoms with Gasteiger partial charge in [0.15, 0.2) is 0 Å². The Balaban J connectivity index is 1.70. The fourth-order valence-corrected chi connectivity index (χ4v) is 2.21. The molecular weight excluding hydrogens is 276 g/mol. The second kappa shape index (κ2) is 6.22. The average Bonchev–Trinajstić information content (AvgIpc) is 3.10. The number of aromatic nitrogens is 3. The number of hydrogen-bond donors (Lipinski definition) is 1. The smallest absolute Gasteiger partial charge is 0.251 e. The van der Waals surface area contributed by atoms with Crippen LogP contribution in [-0.4, -0.2) is 20.4 Å². The minimum atomic E-state index is -0.103. The first-order chi connectivity index (χ1) is 10.7. The first-order valence-corrected chi connectivity index (χ1v) is 7.03. The van der Waals surface area contributed by atoms with E-state index >= 15 is 0 Å². The molecule has 1 unspecified atom stereocenters. The third kappa shape index (κ3) is 3.03. The number of hydrogen-bond acceptors (Lipinski definition) is 3. The highest BCUT2D eigenvalue weighted by Gasteiger charge is 2.11.